The zero-order valence-corrected chi connectivity index (χ0v) is 12.5. The highest BCUT2D eigenvalue weighted by molar-refractivity contribution is 5.30. The predicted molar refractivity (Wildman–Crippen MR) is 80.6 cm³/mol. The number of rotatable bonds is 4. The Labute approximate surface area is 117 Å². The van der Waals surface area contributed by atoms with Crippen molar-refractivity contribution < 1.29 is 4.74 Å². The molecule has 2 rings (SSSR count). The summed E-state index contributed by atoms with van der Waals surface area (Å²) in [6.07, 6.45) is 6.84. The Morgan fingerprint density at radius 2 is 2.00 bits per heavy atom. The summed E-state index contributed by atoms with van der Waals surface area (Å²) in [5, 5.41) is 3.82. The molecule has 0 radical (unpaired) electrons. The highest BCUT2D eigenvalue weighted by atomic mass is 16.5. The maximum Gasteiger partial charge on any atom is 0.119 e. The van der Waals surface area contributed by atoms with Crippen molar-refractivity contribution in [2.24, 2.45) is 5.92 Å². The summed E-state index contributed by atoms with van der Waals surface area (Å²) in [5.41, 5.74) is 1.32. The summed E-state index contributed by atoms with van der Waals surface area (Å²) < 4.78 is 5.31. The molecule has 2 nitrogen and oxygen atoms in total. The van der Waals surface area contributed by atoms with Gasteiger partial charge in [-0.1, -0.05) is 38.3 Å². The lowest BCUT2D eigenvalue weighted by Crippen LogP contribution is -2.36. The van der Waals surface area contributed by atoms with Gasteiger partial charge in [-0.25, -0.2) is 0 Å². The number of ether oxygens (including phenoxy) is 1. The molecule has 0 aromatic heterocycles. The van der Waals surface area contributed by atoms with E-state index in [1.807, 2.05) is 6.07 Å². The predicted octanol–water partition coefficient (Wildman–Crippen LogP) is 4.31. The minimum Gasteiger partial charge on any atom is -0.497 e. The maximum atomic E-state index is 5.31. The molecular formula is C17H27NO. The van der Waals surface area contributed by atoms with Crippen LogP contribution in [0.15, 0.2) is 24.3 Å². The van der Waals surface area contributed by atoms with E-state index in [1.54, 1.807) is 7.11 Å². The summed E-state index contributed by atoms with van der Waals surface area (Å²) in [5.74, 6) is 1.73. The largest absolute Gasteiger partial charge is 0.497 e. The quantitative estimate of drug-likeness (QED) is 0.815. The van der Waals surface area contributed by atoms with Crippen molar-refractivity contribution in [1.29, 1.82) is 0 Å². The van der Waals surface area contributed by atoms with Gasteiger partial charge >= 0.3 is 0 Å². The Morgan fingerprint density at radius 3 is 2.79 bits per heavy atom. The Kier molecular flexibility index (Phi) is 5.26. The number of hydrogen-bond acceptors (Lipinski definition) is 2. The molecule has 1 aromatic carbocycles. The molecular weight excluding hydrogens is 234 g/mol. The Morgan fingerprint density at radius 1 is 1.21 bits per heavy atom. The van der Waals surface area contributed by atoms with Crippen molar-refractivity contribution in [3.63, 3.8) is 0 Å². The fourth-order valence-electron chi connectivity index (χ4n) is 3.07. The van der Waals surface area contributed by atoms with E-state index in [0.29, 0.717) is 12.1 Å². The van der Waals surface area contributed by atoms with Crippen molar-refractivity contribution in [1.82, 2.24) is 5.32 Å². The summed E-state index contributed by atoms with van der Waals surface area (Å²) >= 11 is 0. The molecule has 1 aromatic rings. The number of benzene rings is 1. The molecule has 0 bridgehead atoms. The monoisotopic (exact) mass is 261 g/mol. The minimum atomic E-state index is 0.389. The van der Waals surface area contributed by atoms with Gasteiger partial charge < -0.3 is 10.1 Å². The lowest BCUT2D eigenvalue weighted by Gasteiger charge is -2.27. The molecule has 3 atom stereocenters. The van der Waals surface area contributed by atoms with Crippen molar-refractivity contribution >= 4 is 0 Å². The van der Waals surface area contributed by atoms with Crippen LogP contribution < -0.4 is 10.1 Å². The molecule has 1 fully saturated rings. The number of methoxy groups -OCH3 is 1. The van der Waals surface area contributed by atoms with Gasteiger partial charge in [0.25, 0.3) is 0 Å². The Balaban J connectivity index is 2.00. The molecule has 106 valence electrons. The van der Waals surface area contributed by atoms with Crippen LogP contribution in [-0.4, -0.2) is 13.2 Å². The molecule has 0 aliphatic heterocycles. The second-order valence-electron chi connectivity index (χ2n) is 5.89. The van der Waals surface area contributed by atoms with Crippen LogP contribution in [0.25, 0.3) is 0 Å². The van der Waals surface area contributed by atoms with Crippen LogP contribution in [0, 0.1) is 5.92 Å². The zero-order chi connectivity index (χ0) is 13.7. The third kappa shape index (κ3) is 3.97. The van der Waals surface area contributed by atoms with E-state index in [4.69, 9.17) is 4.74 Å². The van der Waals surface area contributed by atoms with Gasteiger partial charge in [0.05, 0.1) is 7.11 Å². The van der Waals surface area contributed by atoms with Gasteiger partial charge in [-0.15, -0.1) is 0 Å². The number of hydrogen-bond donors (Lipinski definition) is 1. The second-order valence-corrected chi connectivity index (χ2v) is 5.89. The summed E-state index contributed by atoms with van der Waals surface area (Å²) in [7, 11) is 1.73. The van der Waals surface area contributed by atoms with Crippen LogP contribution in [-0.2, 0) is 0 Å². The van der Waals surface area contributed by atoms with E-state index in [-0.39, 0.29) is 0 Å². The Hall–Kier alpha value is -1.02. The highest BCUT2D eigenvalue weighted by Crippen LogP contribution is 2.26. The SMILES string of the molecule is COc1cccc(C(C)NC2CCCCCC2C)c1. The van der Waals surface area contributed by atoms with E-state index in [1.165, 1.54) is 37.7 Å². The average molecular weight is 261 g/mol. The molecule has 19 heavy (non-hydrogen) atoms. The van der Waals surface area contributed by atoms with E-state index in [9.17, 15) is 0 Å². The zero-order valence-electron chi connectivity index (χ0n) is 12.5. The molecule has 1 saturated carbocycles. The molecule has 0 amide bonds. The highest BCUT2D eigenvalue weighted by Gasteiger charge is 2.21. The number of nitrogens with one attached hydrogen (secondary N) is 1. The van der Waals surface area contributed by atoms with E-state index in [2.05, 4.69) is 37.4 Å². The van der Waals surface area contributed by atoms with Gasteiger partial charge in [0.15, 0.2) is 0 Å². The topological polar surface area (TPSA) is 21.3 Å². The van der Waals surface area contributed by atoms with Gasteiger partial charge in [0, 0.05) is 12.1 Å². The lowest BCUT2D eigenvalue weighted by molar-refractivity contribution is 0.329. The summed E-state index contributed by atoms with van der Waals surface area (Å²) in [6.45, 7) is 4.65. The molecule has 1 aliphatic carbocycles. The average Bonchev–Trinajstić information content (AvgIpc) is 2.64. The smallest absolute Gasteiger partial charge is 0.119 e. The lowest BCUT2D eigenvalue weighted by atomic mass is 9.95. The van der Waals surface area contributed by atoms with Gasteiger partial charge in [-0.2, -0.15) is 0 Å². The Bertz CT molecular complexity index is 391. The maximum absolute atomic E-state index is 5.31. The van der Waals surface area contributed by atoms with E-state index < -0.39 is 0 Å². The fourth-order valence-corrected chi connectivity index (χ4v) is 3.07. The van der Waals surface area contributed by atoms with E-state index >= 15 is 0 Å². The molecule has 0 heterocycles. The van der Waals surface area contributed by atoms with Crippen molar-refractivity contribution in [3.8, 4) is 5.75 Å². The van der Waals surface area contributed by atoms with Gasteiger partial charge in [-0.05, 0) is 43.4 Å². The fraction of sp³-hybridized carbons (Fsp3) is 0.647. The molecule has 1 aliphatic rings. The van der Waals surface area contributed by atoms with Gasteiger partial charge in [0.1, 0.15) is 5.75 Å². The molecule has 1 N–H and O–H groups in total. The third-order valence-electron chi connectivity index (χ3n) is 4.42. The molecule has 3 unspecified atom stereocenters. The normalized spacial score (nSPS) is 25.6. The van der Waals surface area contributed by atoms with Crippen LogP contribution >= 0.6 is 0 Å². The first-order valence-electron chi connectivity index (χ1n) is 7.60. The summed E-state index contributed by atoms with van der Waals surface area (Å²) in [6, 6.07) is 9.44. The molecule has 0 saturated heterocycles. The molecule has 0 spiro atoms. The van der Waals surface area contributed by atoms with Gasteiger partial charge in [0.2, 0.25) is 0 Å². The minimum absolute atomic E-state index is 0.389. The summed E-state index contributed by atoms with van der Waals surface area (Å²) in [4.78, 5) is 0. The first-order chi connectivity index (χ1) is 9.20. The third-order valence-corrected chi connectivity index (χ3v) is 4.42. The first-order valence-corrected chi connectivity index (χ1v) is 7.60. The second kappa shape index (κ2) is 6.95. The van der Waals surface area contributed by atoms with Crippen LogP contribution in [0.1, 0.15) is 57.6 Å². The van der Waals surface area contributed by atoms with Crippen molar-refractivity contribution in [3.05, 3.63) is 29.8 Å². The standard InChI is InChI=1S/C17H27NO/c1-13-8-5-4-6-11-17(13)18-14(2)15-9-7-10-16(12-15)19-3/h7,9-10,12-14,17-18H,4-6,8,11H2,1-3H3. The van der Waals surface area contributed by atoms with Crippen LogP contribution in [0.4, 0.5) is 0 Å². The van der Waals surface area contributed by atoms with Crippen LogP contribution in [0.3, 0.4) is 0 Å². The van der Waals surface area contributed by atoms with Crippen molar-refractivity contribution in [2.75, 3.05) is 7.11 Å². The van der Waals surface area contributed by atoms with Crippen molar-refractivity contribution in [2.45, 2.75) is 58.0 Å². The van der Waals surface area contributed by atoms with Crippen LogP contribution in [0.5, 0.6) is 5.75 Å². The molecule has 2 heteroatoms. The first kappa shape index (κ1) is 14.4. The van der Waals surface area contributed by atoms with E-state index in [0.717, 1.165) is 11.7 Å². The van der Waals surface area contributed by atoms with Gasteiger partial charge in [-0.3, -0.25) is 0 Å². The van der Waals surface area contributed by atoms with Crippen LogP contribution in [0.2, 0.25) is 0 Å².